The second kappa shape index (κ2) is 7.88. The molecule has 0 spiro atoms. The van der Waals surface area contributed by atoms with Crippen molar-refractivity contribution in [1.82, 2.24) is 5.32 Å². The Morgan fingerprint density at radius 1 is 1.20 bits per heavy atom. The van der Waals surface area contributed by atoms with Gasteiger partial charge in [-0.25, -0.2) is 0 Å². The summed E-state index contributed by atoms with van der Waals surface area (Å²) < 4.78 is 6.33. The van der Waals surface area contributed by atoms with Gasteiger partial charge in [-0.1, -0.05) is 34.6 Å². The van der Waals surface area contributed by atoms with E-state index in [1.165, 1.54) is 0 Å². The van der Waals surface area contributed by atoms with Crippen molar-refractivity contribution in [2.75, 3.05) is 6.61 Å². The van der Waals surface area contributed by atoms with Crippen LogP contribution in [0.3, 0.4) is 0 Å². The van der Waals surface area contributed by atoms with Crippen molar-refractivity contribution in [3.05, 3.63) is 0 Å². The maximum Gasteiger partial charge on any atom is 0.237 e. The van der Waals surface area contributed by atoms with E-state index in [1.807, 2.05) is 0 Å². The topological polar surface area (TPSA) is 81.4 Å². The first kappa shape index (κ1) is 22.3. The third-order valence-electron chi connectivity index (χ3n) is 5.65. The molecule has 1 rings (SSSR count). The van der Waals surface area contributed by atoms with Gasteiger partial charge in [-0.05, 0) is 50.2 Å². The lowest BCUT2D eigenvalue weighted by Gasteiger charge is -2.37. The highest BCUT2D eigenvalue weighted by molar-refractivity contribution is 6.74. The molecule has 0 radical (unpaired) electrons. The normalized spacial score (nSPS) is 19.4. The van der Waals surface area contributed by atoms with E-state index in [-0.39, 0.29) is 16.7 Å². The molecule has 1 aliphatic carbocycles. The second-order valence-corrected chi connectivity index (χ2v) is 14.5. The summed E-state index contributed by atoms with van der Waals surface area (Å²) in [7, 11) is -1.90. The van der Waals surface area contributed by atoms with Crippen molar-refractivity contribution in [1.29, 1.82) is 0 Å². The van der Waals surface area contributed by atoms with Crippen LogP contribution in [0.4, 0.5) is 0 Å². The molecule has 1 amide bonds. The van der Waals surface area contributed by atoms with Gasteiger partial charge in [-0.15, -0.1) is 0 Å². The fraction of sp³-hybridized carbons (Fsp3) is 0.895. The highest BCUT2D eigenvalue weighted by Gasteiger charge is 2.53. The van der Waals surface area contributed by atoms with Crippen LogP contribution in [0.5, 0.6) is 0 Å². The molecule has 1 fully saturated rings. The zero-order valence-corrected chi connectivity index (χ0v) is 18.4. The fourth-order valence-corrected chi connectivity index (χ4v) is 3.59. The van der Waals surface area contributed by atoms with E-state index >= 15 is 0 Å². The summed E-state index contributed by atoms with van der Waals surface area (Å²) in [5.41, 5.74) is 5.24. The van der Waals surface area contributed by atoms with Crippen molar-refractivity contribution in [3.8, 4) is 0 Å². The van der Waals surface area contributed by atoms with Crippen molar-refractivity contribution in [3.63, 3.8) is 0 Å². The highest BCUT2D eigenvalue weighted by Crippen LogP contribution is 2.49. The number of nitrogens with one attached hydrogen (secondary N) is 1. The number of ketones is 1. The van der Waals surface area contributed by atoms with Crippen molar-refractivity contribution in [2.24, 2.45) is 17.1 Å². The Balaban J connectivity index is 2.83. The number of rotatable bonds is 9. The first-order valence-electron chi connectivity index (χ1n) is 9.46. The predicted octanol–water partition coefficient (Wildman–Crippen LogP) is 3.24. The van der Waals surface area contributed by atoms with E-state index in [0.717, 1.165) is 12.8 Å². The lowest BCUT2D eigenvalue weighted by Crippen LogP contribution is -2.51. The van der Waals surface area contributed by atoms with Gasteiger partial charge < -0.3 is 15.5 Å². The lowest BCUT2D eigenvalue weighted by atomic mass is 9.90. The third kappa shape index (κ3) is 5.90. The molecule has 0 aromatic heterocycles. The smallest absolute Gasteiger partial charge is 0.237 e. The van der Waals surface area contributed by atoms with E-state index in [9.17, 15) is 9.59 Å². The van der Waals surface area contributed by atoms with Gasteiger partial charge in [0, 0.05) is 6.61 Å². The molecule has 0 aliphatic heterocycles. The van der Waals surface area contributed by atoms with Gasteiger partial charge in [0.05, 0.1) is 17.5 Å². The van der Waals surface area contributed by atoms with Crippen LogP contribution >= 0.6 is 0 Å². The van der Waals surface area contributed by atoms with Gasteiger partial charge >= 0.3 is 0 Å². The van der Waals surface area contributed by atoms with Crippen LogP contribution in [0.25, 0.3) is 0 Å². The maximum atomic E-state index is 13.2. The molecule has 3 N–H and O–H groups in total. The Kier molecular flexibility index (Phi) is 7.04. The summed E-state index contributed by atoms with van der Waals surface area (Å²) in [6, 6.07) is -1.08. The average molecular weight is 371 g/mol. The molecule has 0 saturated heterocycles. The largest absolute Gasteiger partial charge is 0.416 e. The lowest BCUT2D eigenvalue weighted by molar-refractivity contribution is -0.132. The van der Waals surface area contributed by atoms with Crippen molar-refractivity contribution >= 4 is 20.0 Å². The zero-order valence-electron chi connectivity index (χ0n) is 17.4. The zero-order chi connectivity index (χ0) is 19.6. The Labute approximate surface area is 154 Å². The van der Waals surface area contributed by atoms with Crippen LogP contribution < -0.4 is 11.1 Å². The van der Waals surface area contributed by atoms with Crippen molar-refractivity contribution in [2.45, 2.75) is 91.0 Å². The molecular formula is C19H38N2O3Si. The fourth-order valence-electron chi connectivity index (χ4n) is 2.52. The van der Waals surface area contributed by atoms with Crippen LogP contribution in [-0.2, 0) is 14.0 Å². The number of Topliss-reactive ketones (excluding diaryl/α,β-unsaturated/α-hetero) is 1. The monoisotopic (exact) mass is 370 g/mol. The molecule has 0 aromatic carbocycles. The van der Waals surface area contributed by atoms with E-state index in [4.69, 9.17) is 10.2 Å². The van der Waals surface area contributed by atoms with E-state index < -0.39 is 25.8 Å². The number of amides is 1. The minimum Gasteiger partial charge on any atom is -0.416 e. The summed E-state index contributed by atoms with van der Waals surface area (Å²) in [6.45, 7) is 17.2. The number of carbonyl (C=O) groups excluding carboxylic acids is 2. The van der Waals surface area contributed by atoms with Crippen molar-refractivity contribution < 1.29 is 14.0 Å². The first-order chi connectivity index (χ1) is 11.2. The van der Waals surface area contributed by atoms with Gasteiger partial charge in [0.25, 0.3) is 0 Å². The number of hydrogen-bond acceptors (Lipinski definition) is 4. The number of hydrogen-bond donors (Lipinski definition) is 2. The van der Waals surface area contributed by atoms with Crippen LogP contribution in [-0.4, -0.2) is 38.7 Å². The summed E-state index contributed by atoms with van der Waals surface area (Å²) in [5, 5.41) is 2.98. The Hall–Kier alpha value is -0.723. The molecule has 0 unspecified atom stereocenters. The van der Waals surface area contributed by atoms with E-state index in [0.29, 0.717) is 18.9 Å². The van der Waals surface area contributed by atoms with Crippen LogP contribution in [0.15, 0.2) is 0 Å². The molecule has 1 saturated carbocycles. The molecule has 6 heteroatoms. The molecule has 5 nitrogen and oxygen atoms in total. The summed E-state index contributed by atoms with van der Waals surface area (Å²) in [6.07, 6.45) is 2.34. The SMILES string of the molecule is CC(C)C[C@H](NC(=O)[C@H](C)N)C(=O)C1(CO[Si](C)(C)C(C)(C)C)CC1. The molecule has 25 heavy (non-hydrogen) atoms. The standard InChI is InChI=1S/C19H38N2O3Si/c1-13(2)11-15(21-17(23)14(3)20)16(22)19(9-10-19)12-24-25(7,8)18(4,5)6/h13-15H,9-12,20H2,1-8H3,(H,21,23)/t14-,15-/m0/s1. The minimum atomic E-state index is -1.90. The third-order valence-corrected chi connectivity index (χ3v) is 10.1. The second-order valence-electron chi connectivity index (χ2n) is 9.67. The van der Waals surface area contributed by atoms with Gasteiger partial charge in [0.1, 0.15) is 0 Å². The number of nitrogens with two attached hydrogens (primary N) is 1. The number of carbonyl (C=O) groups is 2. The maximum absolute atomic E-state index is 13.2. The summed E-state index contributed by atoms with van der Waals surface area (Å²) >= 11 is 0. The molecule has 2 atom stereocenters. The molecule has 0 heterocycles. The van der Waals surface area contributed by atoms with Crippen LogP contribution in [0.1, 0.15) is 60.8 Å². The molecule has 146 valence electrons. The quantitative estimate of drug-likeness (QED) is 0.611. The molecule has 0 bridgehead atoms. The van der Waals surface area contributed by atoms with Gasteiger partial charge in [-0.2, -0.15) is 0 Å². The highest BCUT2D eigenvalue weighted by atomic mass is 28.4. The van der Waals surface area contributed by atoms with Gasteiger partial charge in [0.15, 0.2) is 14.1 Å². The molecular weight excluding hydrogens is 332 g/mol. The summed E-state index contributed by atoms with van der Waals surface area (Å²) in [5.74, 6) is 0.175. The van der Waals surface area contributed by atoms with Gasteiger partial charge in [0.2, 0.25) is 5.91 Å². The average Bonchev–Trinajstić information content (AvgIpc) is 3.23. The van der Waals surface area contributed by atoms with E-state index in [1.54, 1.807) is 6.92 Å². The summed E-state index contributed by atoms with van der Waals surface area (Å²) in [4.78, 5) is 25.2. The minimum absolute atomic E-state index is 0.118. The Morgan fingerprint density at radius 3 is 2.08 bits per heavy atom. The predicted molar refractivity (Wildman–Crippen MR) is 105 cm³/mol. The first-order valence-corrected chi connectivity index (χ1v) is 12.4. The van der Waals surface area contributed by atoms with Gasteiger partial charge in [-0.3, -0.25) is 9.59 Å². The van der Waals surface area contributed by atoms with Crippen LogP contribution in [0.2, 0.25) is 18.1 Å². The molecule has 0 aromatic rings. The molecule has 1 aliphatic rings. The van der Waals surface area contributed by atoms with E-state index in [2.05, 4.69) is 53.0 Å². The Bertz CT molecular complexity index is 491. The van der Waals surface area contributed by atoms with Crippen LogP contribution in [0, 0.1) is 11.3 Å². The Morgan fingerprint density at radius 2 is 1.72 bits per heavy atom.